The van der Waals surface area contributed by atoms with Gasteiger partial charge in [0.2, 0.25) is 0 Å². The molecule has 0 amide bonds. The van der Waals surface area contributed by atoms with Gasteiger partial charge in [-0.05, 0) is 31.2 Å². The summed E-state index contributed by atoms with van der Waals surface area (Å²) in [6, 6.07) is 11.4. The van der Waals surface area contributed by atoms with Crippen LogP contribution in [0.4, 0.5) is 5.69 Å². The number of nitriles is 1. The quantitative estimate of drug-likeness (QED) is 0.803. The number of phenolic OH excluding ortho intramolecular Hbond substituents is 2. The zero-order valence-electron chi connectivity index (χ0n) is 11.8. The largest absolute Gasteiger partial charge is 0.508 e. The fraction of sp³-hybridized carbons (Fsp3) is 0.188. The lowest BCUT2D eigenvalue weighted by Gasteiger charge is -2.19. The fourth-order valence-corrected chi connectivity index (χ4v) is 2.09. The van der Waals surface area contributed by atoms with Gasteiger partial charge in [-0.1, -0.05) is 0 Å². The molecule has 0 aliphatic heterocycles. The maximum atomic E-state index is 9.87. The third-order valence-electron chi connectivity index (χ3n) is 3.18. The van der Waals surface area contributed by atoms with Crippen molar-refractivity contribution in [3.63, 3.8) is 0 Å². The average Bonchev–Trinajstić information content (AvgIpc) is 2.47. The van der Waals surface area contributed by atoms with Crippen LogP contribution in [0.5, 0.6) is 17.2 Å². The lowest BCUT2D eigenvalue weighted by molar-refractivity contribution is 0.415. The van der Waals surface area contributed by atoms with Crippen molar-refractivity contribution in [3.8, 4) is 23.3 Å². The molecule has 0 aromatic heterocycles. The molecule has 0 bridgehead atoms. The first-order chi connectivity index (χ1) is 10.0. The molecule has 0 aliphatic rings. The number of methoxy groups -OCH3 is 1. The van der Waals surface area contributed by atoms with E-state index in [2.05, 4.69) is 11.4 Å². The van der Waals surface area contributed by atoms with Crippen LogP contribution in [-0.4, -0.2) is 17.3 Å². The van der Waals surface area contributed by atoms with Gasteiger partial charge in [0.05, 0.1) is 30.5 Å². The van der Waals surface area contributed by atoms with Crippen LogP contribution in [0.25, 0.3) is 0 Å². The number of ether oxygens (including phenoxy) is 1. The minimum absolute atomic E-state index is 0.0133. The van der Waals surface area contributed by atoms with Crippen LogP contribution in [0.1, 0.15) is 24.1 Å². The molecule has 2 aromatic rings. The molecule has 5 nitrogen and oxygen atoms in total. The molecule has 0 aliphatic carbocycles. The van der Waals surface area contributed by atoms with Crippen molar-refractivity contribution in [1.29, 1.82) is 5.26 Å². The summed E-state index contributed by atoms with van der Waals surface area (Å²) in [4.78, 5) is 0. The fourth-order valence-electron chi connectivity index (χ4n) is 2.09. The normalized spacial score (nSPS) is 11.5. The van der Waals surface area contributed by atoms with Gasteiger partial charge in [-0.3, -0.25) is 0 Å². The first-order valence-electron chi connectivity index (χ1n) is 6.41. The lowest BCUT2D eigenvalue weighted by Crippen LogP contribution is -2.08. The number of anilines is 1. The molecular weight excluding hydrogens is 268 g/mol. The Morgan fingerprint density at radius 3 is 2.57 bits per heavy atom. The SMILES string of the molecule is COc1cc(C#N)ccc1NC(C)c1ccc(O)cc1O. The van der Waals surface area contributed by atoms with Crippen molar-refractivity contribution in [2.45, 2.75) is 13.0 Å². The maximum Gasteiger partial charge on any atom is 0.143 e. The van der Waals surface area contributed by atoms with Gasteiger partial charge in [0.15, 0.2) is 0 Å². The van der Waals surface area contributed by atoms with E-state index in [0.29, 0.717) is 16.9 Å². The second-order valence-electron chi connectivity index (χ2n) is 4.64. The molecule has 1 atom stereocenters. The van der Waals surface area contributed by atoms with Crippen molar-refractivity contribution < 1.29 is 14.9 Å². The van der Waals surface area contributed by atoms with Crippen molar-refractivity contribution in [1.82, 2.24) is 0 Å². The van der Waals surface area contributed by atoms with E-state index in [4.69, 9.17) is 10.00 Å². The van der Waals surface area contributed by atoms with Crippen molar-refractivity contribution in [2.75, 3.05) is 12.4 Å². The van der Waals surface area contributed by atoms with Crippen LogP contribution >= 0.6 is 0 Å². The zero-order chi connectivity index (χ0) is 15.4. The molecule has 0 heterocycles. The highest BCUT2D eigenvalue weighted by molar-refractivity contribution is 5.61. The molecule has 1 unspecified atom stereocenters. The van der Waals surface area contributed by atoms with E-state index in [1.165, 1.54) is 19.2 Å². The summed E-state index contributed by atoms with van der Waals surface area (Å²) in [7, 11) is 1.53. The summed E-state index contributed by atoms with van der Waals surface area (Å²) in [6.07, 6.45) is 0. The molecule has 0 spiro atoms. The molecule has 108 valence electrons. The summed E-state index contributed by atoms with van der Waals surface area (Å²) in [6.45, 7) is 1.88. The standard InChI is InChI=1S/C16H16N2O3/c1-10(13-5-4-12(19)8-15(13)20)18-14-6-3-11(9-17)7-16(14)21-2/h3-8,10,18-20H,1-2H3. The molecular formula is C16H16N2O3. The van der Waals surface area contributed by atoms with Crippen molar-refractivity contribution in [3.05, 3.63) is 47.5 Å². The summed E-state index contributed by atoms with van der Waals surface area (Å²) in [5.41, 5.74) is 1.88. The minimum Gasteiger partial charge on any atom is -0.508 e. The maximum absolute atomic E-state index is 9.87. The van der Waals surface area contributed by atoms with Gasteiger partial charge in [0, 0.05) is 17.7 Å². The Hall–Kier alpha value is -2.87. The molecule has 5 heteroatoms. The van der Waals surface area contributed by atoms with E-state index < -0.39 is 0 Å². The number of aromatic hydroxyl groups is 2. The van der Waals surface area contributed by atoms with E-state index in [-0.39, 0.29) is 17.5 Å². The Kier molecular flexibility index (Phi) is 4.19. The number of phenols is 2. The van der Waals surface area contributed by atoms with E-state index in [1.54, 1.807) is 24.3 Å². The summed E-state index contributed by atoms with van der Waals surface area (Å²) in [5, 5.41) is 31.3. The van der Waals surface area contributed by atoms with Crippen LogP contribution in [0.3, 0.4) is 0 Å². The smallest absolute Gasteiger partial charge is 0.143 e. The predicted octanol–water partition coefficient (Wildman–Crippen LogP) is 3.15. The van der Waals surface area contributed by atoms with Gasteiger partial charge < -0.3 is 20.3 Å². The molecule has 0 saturated heterocycles. The van der Waals surface area contributed by atoms with Crippen LogP contribution in [0, 0.1) is 11.3 Å². The molecule has 3 N–H and O–H groups in total. The number of hydrogen-bond acceptors (Lipinski definition) is 5. The van der Waals surface area contributed by atoms with Gasteiger partial charge >= 0.3 is 0 Å². The molecule has 2 rings (SSSR count). The number of hydrogen-bond donors (Lipinski definition) is 3. The summed E-state index contributed by atoms with van der Waals surface area (Å²) >= 11 is 0. The summed E-state index contributed by atoms with van der Waals surface area (Å²) < 4.78 is 5.26. The Labute approximate surface area is 123 Å². The van der Waals surface area contributed by atoms with Gasteiger partial charge in [-0.25, -0.2) is 0 Å². The number of nitrogens with one attached hydrogen (secondary N) is 1. The topological polar surface area (TPSA) is 85.5 Å². The number of nitrogens with zero attached hydrogens (tertiary/aromatic N) is 1. The minimum atomic E-state index is -0.201. The van der Waals surface area contributed by atoms with Crippen LogP contribution in [-0.2, 0) is 0 Å². The van der Waals surface area contributed by atoms with Gasteiger partial charge in [-0.15, -0.1) is 0 Å². The number of benzene rings is 2. The monoisotopic (exact) mass is 284 g/mol. The van der Waals surface area contributed by atoms with Gasteiger partial charge in [0.1, 0.15) is 17.2 Å². The van der Waals surface area contributed by atoms with Crippen LogP contribution in [0.2, 0.25) is 0 Å². The van der Waals surface area contributed by atoms with E-state index in [0.717, 1.165) is 5.69 Å². The molecule has 0 fully saturated rings. The summed E-state index contributed by atoms with van der Waals surface area (Å²) in [5.74, 6) is 0.584. The second-order valence-corrected chi connectivity index (χ2v) is 4.64. The average molecular weight is 284 g/mol. The third kappa shape index (κ3) is 3.18. The lowest BCUT2D eigenvalue weighted by atomic mass is 10.1. The van der Waals surface area contributed by atoms with E-state index in [9.17, 15) is 10.2 Å². The highest BCUT2D eigenvalue weighted by atomic mass is 16.5. The highest BCUT2D eigenvalue weighted by Gasteiger charge is 2.13. The van der Waals surface area contributed by atoms with Crippen LogP contribution in [0.15, 0.2) is 36.4 Å². The molecule has 21 heavy (non-hydrogen) atoms. The second kappa shape index (κ2) is 6.06. The molecule has 2 aromatic carbocycles. The highest BCUT2D eigenvalue weighted by Crippen LogP contribution is 2.33. The first-order valence-corrected chi connectivity index (χ1v) is 6.41. The van der Waals surface area contributed by atoms with E-state index >= 15 is 0 Å². The third-order valence-corrected chi connectivity index (χ3v) is 3.18. The Bertz CT molecular complexity index is 692. The van der Waals surface area contributed by atoms with Crippen LogP contribution < -0.4 is 10.1 Å². The Morgan fingerprint density at radius 1 is 1.19 bits per heavy atom. The van der Waals surface area contributed by atoms with Crippen molar-refractivity contribution in [2.24, 2.45) is 0 Å². The Balaban J connectivity index is 2.27. The first kappa shape index (κ1) is 14.5. The zero-order valence-corrected chi connectivity index (χ0v) is 11.8. The molecule has 0 saturated carbocycles. The Morgan fingerprint density at radius 2 is 1.95 bits per heavy atom. The predicted molar refractivity (Wildman–Crippen MR) is 79.5 cm³/mol. The number of rotatable bonds is 4. The van der Waals surface area contributed by atoms with Gasteiger partial charge in [0.25, 0.3) is 0 Å². The van der Waals surface area contributed by atoms with Crippen molar-refractivity contribution >= 4 is 5.69 Å². The molecule has 0 radical (unpaired) electrons. The van der Waals surface area contributed by atoms with Gasteiger partial charge in [-0.2, -0.15) is 5.26 Å². The van der Waals surface area contributed by atoms with E-state index in [1.807, 2.05) is 6.92 Å².